The van der Waals surface area contributed by atoms with Crippen molar-refractivity contribution in [1.82, 2.24) is 14.9 Å². The Kier molecular flexibility index (Phi) is 8.54. The first kappa shape index (κ1) is 28.4. The van der Waals surface area contributed by atoms with E-state index in [0.29, 0.717) is 11.1 Å². The molecule has 0 fully saturated rings. The smallest absolute Gasteiger partial charge is 0.416 e. The molecule has 4 rings (SSSR count). The summed E-state index contributed by atoms with van der Waals surface area (Å²) < 4.78 is 40.4. The van der Waals surface area contributed by atoms with Crippen LogP contribution in [0.15, 0.2) is 90.1 Å². The van der Waals surface area contributed by atoms with Crippen molar-refractivity contribution in [1.29, 1.82) is 5.41 Å². The van der Waals surface area contributed by atoms with Crippen LogP contribution in [0.3, 0.4) is 0 Å². The summed E-state index contributed by atoms with van der Waals surface area (Å²) in [6.07, 6.45) is -0.176. The molecule has 2 aromatic carbocycles. The van der Waals surface area contributed by atoms with Crippen LogP contribution in [0.2, 0.25) is 5.02 Å². The predicted octanol–water partition coefficient (Wildman–Crippen LogP) is 5.99. The minimum absolute atomic E-state index is 0.0203. The molecule has 206 valence electrons. The Morgan fingerprint density at radius 2 is 1.88 bits per heavy atom. The maximum atomic E-state index is 13.1. The lowest BCUT2D eigenvalue weighted by molar-refractivity contribution is -0.137. The molecule has 1 atom stereocenters. The highest BCUT2D eigenvalue weighted by molar-refractivity contribution is 6.30. The van der Waals surface area contributed by atoms with Gasteiger partial charge in [0.1, 0.15) is 10.8 Å². The van der Waals surface area contributed by atoms with Crippen LogP contribution >= 0.6 is 11.6 Å². The van der Waals surface area contributed by atoms with E-state index in [1.807, 2.05) is 0 Å². The molecule has 0 aliphatic heterocycles. The molecule has 0 spiro atoms. The fraction of sp³-hybridized carbons (Fsp3) is 0.143. The number of phenolic OH excluding ortho intramolecular Hbond substituents is 1. The summed E-state index contributed by atoms with van der Waals surface area (Å²) in [6.45, 7) is -0.220. The van der Waals surface area contributed by atoms with Gasteiger partial charge in [-0.15, -0.1) is 0 Å². The van der Waals surface area contributed by atoms with Crippen LogP contribution in [0.25, 0.3) is 0 Å². The number of para-hydroxylation sites is 1. The molecule has 0 radical (unpaired) electrons. The van der Waals surface area contributed by atoms with Gasteiger partial charge in [-0.1, -0.05) is 48.0 Å². The quantitative estimate of drug-likeness (QED) is 0.195. The molecule has 0 aliphatic carbocycles. The van der Waals surface area contributed by atoms with Crippen LogP contribution < -0.4 is 16.2 Å². The zero-order valence-corrected chi connectivity index (χ0v) is 21.5. The van der Waals surface area contributed by atoms with Crippen LogP contribution in [-0.4, -0.2) is 26.4 Å². The van der Waals surface area contributed by atoms with Crippen molar-refractivity contribution in [2.75, 3.05) is 5.32 Å². The molecule has 8 nitrogen and oxygen atoms in total. The average Bonchev–Trinajstić information content (AvgIpc) is 2.91. The van der Waals surface area contributed by atoms with Crippen molar-refractivity contribution in [3.63, 3.8) is 0 Å². The standard InChI is InChI=1S/C28H23ClF3N5O3/c29-22-12-20(16-37(26(22)39)15-17-5-3-7-19(11-17)28(30,31)32)35-27(40)36-24(21-8-1-2-9-25(21)38)13-23(33)18-6-4-10-34-14-18/h1-12,14,16,24,33,38H,13,15H2,(H2,35,36,40). The van der Waals surface area contributed by atoms with Crippen molar-refractivity contribution in [2.45, 2.75) is 25.2 Å². The first-order chi connectivity index (χ1) is 19.0. The number of amides is 2. The number of aromatic hydroxyl groups is 1. The zero-order valence-electron chi connectivity index (χ0n) is 20.7. The molecule has 0 saturated heterocycles. The topological polar surface area (TPSA) is 120 Å². The molecule has 12 heteroatoms. The van der Waals surface area contributed by atoms with Crippen molar-refractivity contribution in [3.05, 3.63) is 123 Å². The molecule has 4 aromatic rings. The van der Waals surface area contributed by atoms with Crippen LogP contribution in [0.5, 0.6) is 5.75 Å². The minimum atomic E-state index is -4.54. The predicted molar refractivity (Wildman–Crippen MR) is 145 cm³/mol. The number of aromatic nitrogens is 2. The van der Waals surface area contributed by atoms with Gasteiger partial charge in [0.15, 0.2) is 0 Å². The highest BCUT2D eigenvalue weighted by Gasteiger charge is 2.30. The van der Waals surface area contributed by atoms with Gasteiger partial charge in [-0.2, -0.15) is 13.2 Å². The van der Waals surface area contributed by atoms with Gasteiger partial charge in [-0.05, 0) is 35.9 Å². The van der Waals surface area contributed by atoms with E-state index in [0.717, 1.165) is 16.7 Å². The van der Waals surface area contributed by atoms with E-state index >= 15 is 0 Å². The molecule has 40 heavy (non-hydrogen) atoms. The number of hydrogen-bond acceptors (Lipinski definition) is 5. The number of anilines is 1. The lowest BCUT2D eigenvalue weighted by Gasteiger charge is -2.21. The second-order valence-corrected chi connectivity index (χ2v) is 9.25. The highest BCUT2D eigenvalue weighted by atomic mass is 35.5. The van der Waals surface area contributed by atoms with Crippen molar-refractivity contribution in [2.24, 2.45) is 0 Å². The van der Waals surface area contributed by atoms with E-state index < -0.39 is 29.4 Å². The number of hydrogen-bond donors (Lipinski definition) is 4. The summed E-state index contributed by atoms with van der Waals surface area (Å²) >= 11 is 6.08. The SMILES string of the molecule is N=C(CC(NC(=O)Nc1cc(Cl)c(=O)n(Cc2cccc(C(F)(F)F)c2)c1)c1ccccc1O)c1cccnc1. The van der Waals surface area contributed by atoms with Gasteiger partial charge in [-0.25, -0.2) is 4.79 Å². The number of urea groups is 1. The van der Waals surface area contributed by atoms with Gasteiger partial charge in [0.05, 0.1) is 23.8 Å². The third kappa shape index (κ3) is 7.06. The zero-order chi connectivity index (χ0) is 28.9. The van der Waals surface area contributed by atoms with E-state index in [9.17, 15) is 27.9 Å². The number of phenols is 1. The Hall–Kier alpha value is -4.64. The highest BCUT2D eigenvalue weighted by Crippen LogP contribution is 2.30. The molecule has 0 saturated carbocycles. The maximum Gasteiger partial charge on any atom is 0.416 e. The van der Waals surface area contributed by atoms with E-state index in [1.54, 1.807) is 36.5 Å². The van der Waals surface area contributed by atoms with Gasteiger partial charge >= 0.3 is 12.2 Å². The fourth-order valence-corrected chi connectivity index (χ4v) is 4.26. The van der Waals surface area contributed by atoms with Gasteiger partial charge in [0, 0.05) is 41.8 Å². The summed E-state index contributed by atoms with van der Waals surface area (Å²) in [6, 6.07) is 14.0. The Morgan fingerprint density at radius 3 is 2.58 bits per heavy atom. The van der Waals surface area contributed by atoms with E-state index in [1.165, 1.54) is 36.7 Å². The number of pyridine rings is 2. The molecule has 2 amide bonds. The van der Waals surface area contributed by atoms with Gasteiger partial charge in [-0.3, -0.25) is 9.78 Å². The van der Waals surface area contributed by atoms with Crippen LogP contribution in [-0.2, 0) is 12.7 Å². The van der Waals surface area contributed by atoms with E-state index in [2.05, 4.69) is 15.6 Å². The Morgan fingerprint density at radius 1 is 1.10 bits per heavy atom. The van der Waals surface area contributed by atoms with Gasteiger partial charge in [0.25, 0.3) is 5.56 Å². The molecule has 2 heterocycles. The van der Waals surface area contributed by atoms with Crippen molar-refractivity contribution in [3.8, 4) is 5.75 Å². The fourth-order valence-electron chi connectivity index (χ4n) is 4.04. The number of nitrogens with one attached hydrogen (secondary N) is 3. The number of alkyl halides is 3. The second kappa shape index (κ2) is 12.0. The second-order valence-electron chi connectivity index (χ2n) is 8.84. The summed E-state index contributed by atoms with van der Waals surface area (Å²) in [4.78, 5) is 29.6. The average molecular weight is 570 g/mol. The lowest BCUT2D eigenvalue weighted by atomic mass is 9.97. The number of carbonyl (C=O) groups excluding carboxylic acids is 1. The number of nitrogens with zero attached hydrogens (tertiary/aromatic N) is 2. The van der Waals surface area contributed by atoms with E-state index in [4.69, 9.17) is 17.0 Å². The number of carbonyl (C=O) groups is 1. The molecule has 1 unspecified atom stereocenters. The molecule has 4 N–H and O–H groups in total. The monoisotopic (exact) mass is 569 g/mol. The normalized spacial score (nSPS) is 12.0. The third-order valence-corrected chi connectivity index (χ3v) is 6.21. The lowest BCUT2D eigenvalue weighted by Crippen LogP contribution is -2.34. The van der Waals surface area contributed by atoms with Crippen LogP contribution in [0, 0.1) is 5.41 Å². The number of rotatable bonds is 8. The summed E-state index contributed by atoms with van der Waals surface area (Å²) in [5, 5.41) is 23.9. The summed E-state index contributed by atoms with van der Waals surface area (Å²) in [5.41, 5.74) is -0.112. The largest absolute Gasteiger partial charge is 0.508 e. The third-order valence-electron chi connectivity index (χ3n) is 5.94. The van der Waals surface area contributed by atoms with Crippen LogP contribution in [0.4, 0.5) is 23.7 Å². The number of benzene rings is 2. The van der Waals surface area contributed by atoms with E-state index in [-0.39, 0.29) is 40.7 Å². The summed E-state index contributed by atoms with van der Waals surface area (Å²) in [5.74, 6) is -0.0792. The number of halogens is 4. The minimum Gasteiger partial charge on any atom is -0.508 e. The Bertz CT molecular complexity index is 1590. The first-order valence-corrected chi connectivity index (χ1v) is 12.3. The van der Waals surface area contributed by atoms with Crippen molar-refractivity contribution < 1.29 is 23.1 Å². The van der Waals surface area contributed by atoms with Crippen molar-refractivity contribution >= 4 is 29.0 Å². The molecule has 0 aliphatic rings. The van der Waals surface area contributed by atoms with Gasteiger partial charge in [0.2, 0.25) is 0 Å². The van der Waals surface area contributed by atoms with Gasteiger partial charge < -0.3 is 25.7 Å². The Labute approximate surface area is 231 Å². The first-order valence-electron chi connectivity index (χ1n) is 11.9. The maximum absolute atomic E-state index is 13.1. The molecular formula is C28H23ClF3N5O3. The molecule has 2 aromatic heterocycles. The summed E-state index contributed by atoms with van der Waals surface area (Å²) in [7, 11) is 0. The van der Waals surface area contributed by atoms with Crippen LogP contribution in [0.1, 0.15) is 34.7 Å². The Balaban J connectivity index is 1.55. The molecular weight excluding hydrogens is 547 g/mol. The molecule has 0 bridgehead atoms.